The summed E-state index contributed by atoms with van der Waals surface area (Å²) in [7, 11) is -1.46. The average molecular weight is 420 g/mol. The van der Waals surface area contributed by atoms with Crippen molar-refractivity contribution in [1.29, 1.82) is 0 Å². The molecular weight excluding hydrogens is 390 g/mol. The minimum Gasteiger partial charge on any atom is -0.497 e. The molecule has 0 saturated carbocycles. The van der Waals surface area contributed by atoms with Crippen LogP contribution in [0, 0.1) is 0 Å². The number of sulfone groups is 1. The zero-order valence-corrected chi connectivity index (χ0v) is 17.8. The Bertz CT molecular complexity index is 721. The van der Waals surface area contributed by atoms with Crippen molar-refractivity contribution >= 4 is 28.2 Å². The number of nitrogens with two attached hydrogens (primary N) is 1. The Labute approximate surface area is 168 Å². The van der Waals surface area contributed by atoms with E-state index in [2.05, 4.69) is 17.9 Å². The molecule has 1 aromatic carbocycles. The molecule has 27 heavy (non-hydrogen) atoms. The van der Waals surface area contributed by atoms with Crippen molar-refractivity contribution in [1.82, 2.24) is 9.80 Å². The fraction of sp³-hybridized carbons (Fsp3) is 0.611. The maximum absolute atomic E-state index is 12.4. The van der Waals surface area contributed by atoms with Crippen molar-refractivity contribution < 1.29 is 17.9 Å². The third kappa shape index (κ3) is 6.95. The zero-order valence-electron chi connectivity index (χ0n) is 16.1. The van der Waals surface area contributed by atoms with Gasteiger partial charge in [-0.05, 0) is 31.0 Å². The van der Waals surface area contributed by atoms with Crippen LogP contribution < -0.4 is 10.5 Å². The van der Waals surface area contributed by atoms with E-state index < -0.39 is 15.9 Å². The smallest absolute Gasteiger partial charge is 0.239 e. The van der Waals surface area contributed by atoms with E-state index in [0.717, 1.165) is 25.1 Å². The normalized spacial score (nSPS) is 17.7. The third-order valence-corrected chi connectivity index (χ3v) is 5.84. The maximum Gasteiger partial charge on any atom is 0.239 e. The minimum atomic E-state index is -3.11. The minimum absolute atomic E-state index is 0. The standard InChI is InChI=1S/C18H29N3O4S.ClH/c1-14(15-5-4-6-16(13-15)25-2)20-8-10-21(11-9-20)18(22)17(19)7-12-26(3,23)24;/h4-6,13-14,17H,7-12,19H2,1-3H3;1H. The van der Waals surface area contributed by atoms with E-state index >= 15 is 0 Å². The van der Waals surface area contributed by atoms with Crippen LogP contribution in [0.15, 0.2) is 24.3 Å². The number of hydrogen-bond acceptors (Lipinski definition) is 6. The van der Waals surface area contributed by atoms with Crippen LogP contribution in [0.25, 0.3) is 0 Å². The molecule has 1 aliphatic heterocycles. The van der Waals surface area contributed by atoms with Crippen LogP contribution in [0.4, 0.5) is 0 Å². The second kappa shape index (κ2) is 10.3. The van der Waals surface area contributed by atoms with E-state index in [0.29, 0.717) is 13.1 Å². The molecule has 2 rings (SSSR count). The van der Waals surface area contributed by atoms with Crippen LogP contribution in [0.2, 0.25) is 0 Å². The van der Waals surface area contributed by atoms with Crippen LogP contribution in [-0.2, 0) is 14.6 Å². The highest BCUT2D eigenvalue weighted by atomic mass is 35.5. The molecule has 2 atom stereocenters. The fourth-order valence-electron chi connectivity index (χ4n) is 3.14. The van der Waals surface area contributed by atoms with Crippen LogP contribution >= 0.6 is 12.4 Å². The van der Waals surface area contributed by atoms with E-state index in [4.69, 9.17) is 10.5 Å². The first-order valence-corrected chi connectivity index (χ1v) is 10.9. The number of nitrogens with zero attached hydrogens (tertiary/aromatic N) is 2. The molecule has 0 spiro atoms. The number of halogens is 1. The molecule has 1 heterocycles. The number of carbonyl (C=O) groups is 1. The lowest BCUT2D eigenvalue weighted by molar-refractivity contribution is -0.134. The van der Waals surface area contributed by atoms with E-state index in [1.54, 1.807) is 12.0 Å². The first-order valence-electron chi connectivity index (χ1n) is 8.81. The molecule has 0 radical (unpaired) electrons. The van der Waals surface area contributed by atoms with Crippen LogP contribution in [0.1, 0.15) is 24.9 Å². The van der Waals surface area contributed by atoms with Crippen LogP contribution in [-0.4, -0.2) is 75.5 Å². The van der Waals surface area contributed by atoms with Gasteiger partial charge in [-0.25, -0.2) is 8.42 Å². The van der Waals surface area contributed by atoms with Gasteiger partial charge in [0, 0.05) is 38.5 Å². The predicted molar refractivity (Wildman–Crippen MR) is 109 cm³/mol. The first-order chi connectivity index (χ1) is 12.2. The number of benzene rings is 1. The topological polar surface area (TPSA) is 92.9 Å². The van der Waals surface area contributed by atoms with Crippen molar-refractivity contribution in [2.24, 2.45) is 5.73 Å². The maximum atomic E-state index is 12.4. The Morgan fingerprint density at radius 3 is 2.44 bits per heavy atom. The van der Waals surface area contributed by atoms with Gasteiger partial charge in [-0.2, -0.15) is 0 Å². The van der Waals surface area contributed by atoms with Gasteiger partial charge in [-0.3, -0.25) is 9.69 Å². The van der Waals surface area contributed by atoms with Gasteiger partial charge in [0.25, 0.3) is 0 Å². The Kier molecular flexibility index (Phi) is 9.01. The van der Waals surface area contributed by atoms with Crippen molar-refractivity contribution in [2.45, 2.75) is 25.4 Å². The monoisotopic (exact) mass is 419 g/mol. The first kappa shape index (κ1) is 23.7. The Balaban J connectivity index is 0.00000364. The summed E-state index contributed by atoms with van der Waals surface area (Å²) >= 11 is 0. The van der Waals surface area contributed by atoms with Gasteiger partial charge >= 0.3 is 0 Å². The molecule has 1 amide bonds. The Morgan fingerprint density at radius 1 is 1.26 bits per heavy atom. The average Bonchev–Trinajstić information content (AvgIpc) is 2.64. The van der Waals surface area contributed by atoms with Crippen molar-refractivity contribution in [3.8, 4) is 5.75 Å². The highest BCUT2D eigenvalue weighted by molar-refractivity contribution is 7.90. The Hall–Kier alpha value is -1.35. The quantitative estimate of drug-likeness (QED) is 0.711. The highest BCUT2D eigenvalue weighted by Gasteiger charge is 2.28. The molecule has 0 aliphatic carbocycles. The third-order valence-electron chi connectivity index (χ3n) is 4.87. The summed E-state index contributed by atoms with van der Waals surface area (Å²) in [5, 5.41) is 0. The van der Waals surface area contributed by atoms with Gasteiger partial charge in [0.05, 0.1) is 18.9 Å². The van der Waals surface area contributed by atoms with Crippen LogP contribution in [0.5, 0.6) is 5.75 Å². The number of ether oxygens (including phenoxy) is 1. The van der Waals surface area contributed by atoms with Crippen LogP contribution in [0.3, 0.4) is 0 Å². The number of rotatable bonds is 7. The van der Waals surface area contributed by atoms with Gasteiger partial charge < -0.3 is 15.4 Å². The molecule has 154 valence electrons. The summed E-state index contributed by atoms with van der Waals surface area (Å²) in [4.78, 5) is 16.5. The van der Waals surface area contributed by atoms with E-state index in [1.165, 1.54) is 5.56 Å². The van der Waals surface area contributed by atoms with Gasteiger partial charge in [-0.15, -0.1) is 12.4 Å². The molecule has 2 unspecified atom stereocenters. The van der Waals surface area contributed by atoms with Crippen molar-refractivity contribution in [2.75, 3.05) is 45.3 Å². The molecule has 9 heteroatoms. The second-order valence-corrected chi connectivity index (χ2v) is 9.10. The van der Waals surface area contributed by atoms with Gasteiger partial charge in [0.15, 0.2) is 0 Å². The van der Waals surface area contributed by atoms with E-state index in [9.17, 15) is 13.2 Å². The molecule has 0 aromatic heterocycles. The van der Waals surface area contributed by atoms with E-state index in [-0.39, 0.29) is 36.5 Å². The molecule has 1 aliphatic rings. The fourth-order valence-corrected chi connectivity index (χ4v) is 3.82. The highest BCUT2D eigenvalue weighted by Crippen LogP contribution is 2.25. The van der Waals surface area contributed by atoms with Gasteiger partial charge in [-0.1, -0.05) is 12.1 Å². The number of carbonyl (C=O) groups excluding carboxylic acids is 1. The predicted octanol–water partition coefficient (Wildman–Crippen LogP) is 1.08. The summed E-state index contributed by atoms with van der Waals surface area (Å²) in [6, 6.07) is 7.47. The van der Waals surface area contributed by atoms with Crippen molar-refractivity contribution in [3.05, 3.63) is 29.8 Å². The summed E-state index contributed by atoms with van der Waals surface area (Å²) in [5.74, 6) is 0.606. The summed E-state index contributed by atoms with van der Waals surface area (Å²) in [6.07, 6.45) is 1.32. The molecule has 0 bridgehead atoms. The zero-order chi connectivity index (χ0) is 19.3. The molecule has 1 aromatic rings. The Morgan fingerprint density at radius 2 is 1.89 bits per heavy atom. The largest absolute Gasteiger partial charge is 0.497 e. The number of methoxy groups -OCH3 is 1. The summed E-state index contributed by atoms with van der Waals surface area (Å²) in [6.45, 7) is 4.84. The second-order valence-electron chi connectivity index (χ2n) is 6.84. The van der Waals surface area contributed by atoms with Gasteiger partial charge in [0.2, 0.25) is 5.91 Å². The lowest BCUT2D eigenvalue weighted by atomic mass is 10.1. The number of amides is 1. The SMILES string of the molecule is COc1cccc(C(C)N2CCN(C(=O)C(N)CCS(C)(=O)=O)CC2)c1.Cl. The molecule has 2 N–H and O–H groups in total. The number of hydrogen-bond donors (Lipinski definition) is 1. The summed E-state index contributed by atoms with van der Waals surface area (Å²) in [5.41, 5.74) is 7.06. The van der Waals surface area contributed by atoms with E-state index in [1.807, 2.05) is 18.2 Å². The summed E-state index contributed by atoms with van der Waals surface area (Å²) < 4.78 is 27.8. The number of piperazine rings is 1. The molecular formula is C18H30ClN3O4S. The lowest BCUT2D eigenvalue weighted by Crippen LogP contribution is -2.53. The molecule has 1 fully saturated rings. The van der Waals surface area contributed by atoms with Crippen molar-refractivity contribution in [3.63, 3.8) is 0 Å². The van der Waals surface area contributed by atoms with Gasteiger partial charge in [0.1, 0.15) is 15.6 Å². The lowest BCUT2D eigenvalue weighted by Gasteiger charge is -2.39. The molecule has 1 saturated heterocycles. The molecule has 7 nitrogen and oxygen atoms in total.